The van der Waals surface area contributed by atoms with E-state index in [1.165, 1.54) is 17.2 Å². The van der Waals surface area contributed by atoms with E-state index in [9.17, 15) is 13.2 Å². The molecule has 3 N–H and O–H groups in total. The third-order valence-corrected chi connectivity index (χ3v) is 2.61. The summed E-state index contributed by atoms with van der Waals surface area (Å²) in [5.74, 6) is -0.376. The summed E-state index contributed by atoms with van der Waals surface area (Å²) in [6.07, 6.45) is 6.19. The van der Waals surface area contributed by atoms with Gasteiger partial charge in [-0.15, -0.1) is 0 Å². The predicted octanol–water partition coefficient (Wildman–Crippen LogP) is 0.862. The van der Waals surface area contributed by atoms with Crippen molar-refractivity contribution in [3.05, 3.63) is 36.6 Å². The van der Waals surface area contributed by atoms with Gasteiger partial charge in [0.25, 0.3) is 16.6 Å². The molecular weight excluding hydrogens is 300 g/mol. The molecular formula is C12H20N2O6S. The number of nitrogens with zero attached hydrogens (tertiary/aromatic N) is 1. The van der Waals surface area contributed by atoms with E-state index >= 15 is 0 Å². The number of hydrogen-bond acceptors (Lipinski definition) is 4. The fourth-order valence-corrected chi connectivity index (χ4v) is 1.46. The quantitative estimate of drug-likeness (QED) is 0.379. The molecule has 0 aromatic carbocycles. The van der Waals surface area contributed by atoms with Gasteiger partial charge in [0.2, 0.25) is 0 Å². The number of rotatable bonds is 6. The maximum atomic E-state index is 11.2. The van der Waals surface area contributed by atoms with E-state index in [0.29, 0.717) is 5.57 Å². The molecule has 0 fully saturated rings. The lowest BCUT2D eigenvalue weighted by molar-refractivity contribution is -0.122. The highest BCUT2D eigenvalue weighted by Gasteiger charge is 2.05. The van der Waals surface area contributed by atoms with Crippen LogP contribution in [0.4, 0.5) is 4.79 Å². The first kappa shape index (κ1) is 21.2. The number of nitrogens with one attached hydrogen (secondary N) is 1. The Balaban J connectivity index is 0. The molecule has 0 saturated heterocycles. The van der Waals surface area contributed by atoms with Crippen LogP contribution in [0.1, 0.15) is 6.42 Å². The number of amides is 2. The molecule has 0 aliphatic carbocycles. The Morgan fingerprint density at radius 2 is 1.90 bits per heavy atom. The molecule has 120 valence electrons. The summed E-state index contributed by atoms with van der Waals surface area (Å²) < 4.78 is 29.9. The van der Waals surface area contributed by atoms with Gasteiger partial charge in [0.1, 0.15) is 0 Å². The minimum Gasteiger partial charge on any atom is -0.483 e. The standard InChI is InChI=1S/C11H18N2O4S.CH2O2/c1-4-5-10(7-9-18(15,16)17)6-8-12-11(14)13(2)3;2-1-3/h4-6,8H,1,7,9H2,2-3H3,(H,12,14)(H,15,16,17);1H,(H,2,3)/b8-6-,10-5+;. The topological polar surface area (TPSA) is 124 Å². The molecule has 0 rings (SSSR count). The Kier molecular flexibility index (Phi) is 11.8. The second kappa shape index (κ2) is 11.7. The Labute approximate surface area is 124 Å². The van der Waals surface area contributed by atoms with Crippen LogP contribution in [0.25, 0.3) is 0 Å². The van der Waals surface area contributed by atoms with E-state index in [2.05, 4.69) is 11.9 Å². The second-order valence-corrected chi connectivity index (χ2v) is 5.37. The van der Waals surface area contributed by atoms with Crippen molar-refractivity contribution in [2.24, 2.45) is 0 Å². The van der Waals surface area contributed by atoms with Gasteiger partial charge in [-0.05, 0) is 18.1 Å². The molecule has 21 heavy (non-hydrogen) atoms. The summed E-state index contributed by atoms with van der Waals surface area (Å²) in [5.41, 5.74) is 0.627. The minimum atomic E-state index is -4.00. The molecule has 2 amide bonds. The van der Waals surface area contributed by atoms with Crippen molar-refractivity contribution in [3.8, 4) is 0 Å². The van der Waals surface area contributed by atoms with Gasteiger partial charge in [0.15, 0.2) is 0 Å². The Hall–Kier alpha value is -2.13. The molecule has 0 bridgehead atoms. The number of carbonyl (C=O) groups is 2. The number of carboxylic acid groups (broad SMARTS) is 1. The Bertz CT molecular complexity index is 494. The smallest absolute Gasteiger partial charge is 0.320 e. The van der Waals surface area contributed by atoms with E-state index < -0.39 is 10.1 Å². The van der Waals surface area contributed by atoms with Crippen LogP contribution in [-0.2, 0) is 14.9 Å². The molecule has 0 unspecified atom stereocenters. The predicted molar refractivity (Wildman–Crippen MR) is 79.4 cm³/mol. The van der Waals surface area contributed by atoms with Crippen LogP contribution in [0.3, 0.4) is 0 Å². The summed E-state index contributed by atoms with van der Waals surface area (Å²) in [5, 5.41) is 9.38. The lowest BCUT2D eigenvalue weighted by Crippen LogP contribution is -2.30. The summed E-state index contributed by atoms with van der Waals surface area (Å²) in [6.45, 7) is 3.25. The van der Waals surface area contributed by atoms with E-state index in [0.717, 1.165) is 0 Å². The third-order valence-electron chi connectivity index (χ3n) is 1.89. The lowest BCUT2D eigenvalue weighted by atomic mass is 10.2. The summed E-state index contributed by atoms with van der Waals surface area (Å²) in [7, 11) is -0.798. The first-order valence-electron chi connectivity index (χ1n) is 5.67. The average Bonchev–Trinajstić information content (AvgIpc) is 2.35. The zero-order chi connectivity index (χ0) is 16.9. The van der Waals surface area contributed by atoms with Crippen LogP contribution >= 0.6 is 0 Å². The maximum absolute atomic E-state index is 11.2. The van der Waals surface area contributed by atoms with Gasteiger partial charge in [-0.2, -0.15) is 8.42 Å². The van der Waals surface area contributed by atoms with Gasteiger partial charge in [-0.3, -0.25) is 9.35 Å². The largest absolute Gasteiger partial charge is 0.483 e. The lowest BCUT2D eigenvalue weighted by Gasteiger charge is -2.08. The maximum Gasteiger partial charge on any atom is 0.320 e. The molecule has 0 atom stereocenters. The van der Waals surface area contributed by atoms with Gasteiger partial charge in [0, 0.05) is 20.3 Å². The number of allylic oxidation sites excluding steroid dienone is 4. The minimum absolute atomic E-state index is 0.138. The molecule has 0 aromatic heterocycles. The molecule has 0 saturated carbocycles. The second-order valence-electron chi connectivity index (χ2n) is 3.80. The molecule has 0 aromatic rings. The monoisotopic (exact) mass is 320 g/mol. The van der Waals surface area contributed by atoms with Crippen LogP contribution in [0.2, 0.25) is 0 Å². The number of hydrogen-bond donors (Lipinski definition) is 3. The molecule has 0 aliphatic rings. The SMILES string of the molecule is C=C/C=C(\C=C/NC(=O)N(C)C)CCS(=O)(=O)O.O=CO. The summed E-state index contributed by atoms with van der Waals surface area (Å²) >= 11 is 0. The Morgan fingerprint density at radius 1 is 1.38 bits per heavy atom. The van der Waals surface area contributed by atoms with Crippen LogP contribution in [-0.4, -0.2) is 55.3 Å². The molecule has 0 heterocycles. The number of urea groups is 1. The summed E-state index contributed by atoms with van der Waals surface area (Å²) in [6, 6.07) is -0.293. The zero-order valence-electron chi connectivity index (χ0n) is 11.9. The Morgan fingerprint density at radius 3 is 2.29 bits per heavy atom. The van der Waals surface area contributed by atoms with E-state index in [1.54, 1.807) is 26.2 Å². The van der Waals surface area contributed by atoms with Crippen LogP contribution < -0.4 is 5.32 Å². The third kappa shape index (κ3) is 15.8. The van der Waals surface area contributed by atoms with Gasteiger partial charge in [-0.25, -0.2) is 4.79 Å². The molecule has 0 radical (unpaired) electrons. The fraction of sp³-hybridized carbons (Fsp3) is 0.333. The van der Waals surface area contributed by atoms with Crippen molar-refractivity contribution >= 4 is 22.6 Å². The van der Waals surface area contributed by atoms with E-state index in [1.807, 2.05) is 0 Å². The molecule has 0 aliphatic heterocycles. The van der Waals surface area contributed by atoms with Gasteiger partial charge in [0.05, 0.1) is 5.75 Å². The van der Waals surface area contributed by atoms with Crippen LogP contribution in [0, 0.1) is 0 Å². The van der Waals surface area contributed by atoms with E-state index in [4.69, 9.17) is 14.5 Å². The highest BCUT2D eigenvalue weighted by molar-refractivity contribution is 7.85. The van der Waals surface area contributed by atoms with Crippen molar-refractivity contribution in [3.63, 3.8) is 0 Å². The first-order chi connectivity index (χ1) is 9.67. The summed E-state index contributed by atoms with van der Waals surface area (Å²) in [4.78, 5) is 20.9. The van der Waals surface area contributed by atoms with Crippen molar-refractivity contribution < 1.29 is 27.7 Å². The van der Waals surface area contributed by atoms with Gasteiger partial charge >= 0.3 is 6.03 Å². The average molecular weight is 320 g/mol. The molecule has 9 heteroatoms. The van der Waals surface area contributed by atoms with Crippen molar-refractivity contribution in [2.45, 2.75) is 6.42 Å². The van der Waals surface area contributed by atoms with Gasteiger partial charge in [-0.1, -0.05) is 18.7 Å². The molecule has 8 nitrogen and oxygen atoms in total. The van der Waals surface area contributed by atoms with Crippen LogP contribution in [0.5, 0.6) is 0 Å². The molecule has 0 spiro atoms. The normalized spacial score (nSPS) is 11.3. The highest BCUT2D eigenvalue weighted by atomic mass is 32.2. The fourth-order valence-electron chi connectivity index (χ4n) is 0.970. The van der Waals surface area contributed by atoms with Gasteiger partial charge < -0.3 is 15.3 Å². The van der Waals surface area contributed by atoms with Crippen LogP contribution in [0.15, 0.2) is 36.6 Å². The first-order valence-corrected chi connectivity index (χ1v) is 7.27. The number of carbonyl (C=O) groups excluding carboxylic acids is 1. The zero-order valence-corrected chi connectivity index (χ0v) is 12.7. The highest BCUT2D eigenvalue weighted by Crippen LogP contribution is 2.05. The van der Waals surface area contributed by atoms with Crippen molar-refractivity contribution in [1.29, 1.82) is 0 Å². The van der Waals surface area contributed by atoms with E-state index in [-0.39, 0.29) is 24.7 Å². The van der Waals surface area contributed by atoms with Crippen molar-refractivity contribution in [2.75, 3.05) is 19.8 Å². The van der Waals surface area contributed by atoms with Crippen molar-refractivity contribution in [1.82, 2.24) is 10.2 Å².